The van der Waals surface area contributed by atoms with Gasteiger partial charge in [-0.2, -0.15) is 0 Å². The second kappa shape index (κ2) is 5.78. The van der Waals surface area contributed by atoms with E-state index in [1.54, 1.807) is 0 Å². The van der Waals surface area contributed by atoms with Crippen molar-refractivity contribution in [1.29, 1.82) is 0 Å². The molecule has 0 aliphatic rings. The molecule has 0 unspecified atom stereocenters. The number of halogens is 1. The van der Waals surface area contributed by atoms with E-state index in [9.17, 15) is 0 Å². The number of imidazole rings is 1. The highest BCUT2D eigenvalue weighted by molar-refractivity contribution is 6.31. The molecule has 0 fully saturated rings. The number of benzene rings is 3. The number of hydrogen-bond donors (Lipinski definition) is 1. The van der Waals surface area contributed by atoms with Gasteiger partial charge in [-0.15, -0.1) is 0 Å². The van der Waals surface area contributed by atoms with Crippen LogP contribution < -0.4 is 0 Å². The van der Waals surface area contributed by atoms with Crippen LogP contribution in [0.5, 0.6) is 0 Å². The molecule has 0 bridgehead atoms. The van der Waals surface area contributed by atoms with Crippen LogP contribution >= 0.6 is 11.6 Å². The summed E-state index contributed by atoms with van der Waals surface area (Å²) in [5, 5.41) is 1.68. The van der Waals surface area contributed by atoms with Gasteiger partial charge in [-0.1, -0.05) is 35.9 Å². The predicted molar refractivity (Wildman–Crippen MR) is 113 cm³/mol. The average Bonchev–Trinajstić information content (AvgIpc) is 3.25. The third kappa shape index (κ3) is 2.30. The molecular formula is C22H14ClN5. The molecule has 0 spiro atoms. The standard InChI is InChI=1S/C22H14ClN5/c23-13-9-10-19-14(11-13)21-22(27-18-8-4-3-7-17(18)26-21)28(19)12-20-24-15-5-1-2-6-16(15)25-20/h1-11H,12H2,(H,24,25). The van der Waals surface area contributed by atoms with Crippen molar-refractivity contribution in [1.82, 2.24) is 24.5 Å². The quantitative estimate of drug-likeness (QED) is 0.440. The third-order valence-corrected chi connectivity index (χ3v) is 5.29. The highest BCUT2D eigenvalue weighted by Crippen LogP contribution is 2.31. The summed E-state index contributed by atoms with van der Waals surface area (Å²) in [6, 6.07) is 21.8. The van der Waals surface area contributed by atoms with Gasteiger partial charge >= 0.3 is 0 Å². The maximum atomic E-state index is 6.28. The van der Waals surface area contributed by atoms with Crippen molar-refractivity contribution >= 4 is 55.7 Å². The molecule has 0 amide bonds. The molecule has 0 aliphatic carbocycles. The zero-order valence-corrected chi connectivity index (χ0v) is 15.5. The molecule has 6 heteroatoms. The van der Waals surface area contributed by atoms with Crippen LogP contribution in [0.4, 0.5) is 0 Å². The lowest BCUT2D eigenvalue weighted by molar-refractivity contribution is 0.807. The smallest absolute Gasteiger partial charge is 0.160 e. The Labute approximate surface area is 164 Å². The summed E-state index contributed by atoms with van der Waals surface area (Å²) in [5.41, 5.74) is 6.45. The molecule has 5 nitrogen and oxygen atoms in total. The van der Waals surface area contributed by atoms with E-state index in [0.717, 1.165) is 50.0 Å². The van der Waals surface area contributed by atoms with E-state index >= 15 is 0 Å². The first-order valence-electron chi connectivity index (χ1n) is 9.04. The Balaban J connectivity index is 1.65. The number of fused-ring (bicyclic) bond motifs is 5. The van der Waals surface area contributed by atoms with Gasteiger partial charge in [0.2, 0.25) is 0 Å². The third-order valence-electron chi connectivity index (χ3n) is 5.06. The molecule has 3 aromatic carbocycles. The van der Waals surface area contributed by atoms with Gasteiger partial charge in [-0.25, -0.2) is 15.0 Å². The fourth-order valence-electron chi connectivity index (χ4n) is 3.80. The molecule has 134 valence electrons. The fourth-order valence-corrected chi connectivity index (χ4v) is 3.97. The van der Waals surface area contributed by atoms with Crippen molar-refractivity contribution < 1.29 is 0 Å². The second-order valence-electron chi connectivity index (χ2n) is 6.83. The Morgan fingerprint density at radius 3 is 2.39 bits per heavy atom. The Bertz CT molecular complexity index is 1480. The average molecular weight is 384 g/mol. The summed E-state index contributed by atoms with van der Waals surface area (Å²) < 4.78 is 2.15. The van der Waals surface area contributed by atoms with Crippen molar-refractivity contribution in [3.63, 3.8) is 0 Å². The van der Waals surface area contributed by atoms with Crippen molar-refractivity contribution in [3.05, 3.63) is 77.6 Å². The maximum absolute atomic E-state index is 6.28. The van der Waals surface area contributed by atoms with E-state index < -0.39 is 0 Å². The van der Waals surface area contributed by atoms with Crippen LogP contribution in [-0.4, -0.2) is 24.5 Å². The molecule has 3 heterocycles. The minimum atomic E-state index is 0.573. The topological polar surface area (TPSA) is 59.4 Å². The van der Waals surface area contributed by atoms with Gasteiger partial charge in [0.15, 0.2) is 5.65 Å². The first-order valence-corrected chi connectivity index (χ1v) is 9.42. The van der Waals surface area contributed by atoms with E-state index in [1.165, 1.54) is 0 Å². The van der Waals surface area contributed by atoms with Crippen molar-refractivity contribution in [3.8, 4) is 0 Å². The van der Waals surface area contributed by atoms with Crippen LogP contribution in [0, 0.1) is 0 Å². The van der Waals surface area contributed by atoms with Gasteiger partial charge in [0.05, 0.1) is 34.1 Å². The predicted octanol–water partition coefficient (Wildman–Crippen LogP) is 5.32. The van der Waals surface area contributed by atoms with E-state index in [0.29, 0.717) is 11.6 Å². The Morgan fingerprint density at radius 2 is 1.57 bits per heavy atom. The molecule has 0 saturated carbocycles. The molecule has 6 rings (SSSR count). The molecule has 6 aromatic rings. The van der Waals surface area contributed by atoms with E-state index in [1.807, 2.05) is 66.7 Å². The molecule has 0 saturated heterocycles. The zero-order valence-electron chi connectivity index (χ0n) is 14.7. The van der Waals surface area contributed by atoms with Gasteiger partial charge in [-0.3, -0.25) is 0 Å². The van der Waals surface area contributed by atoms with Gasteiger partial charge in [0, 0.05) is 10.4 Å². The molecule has 28 heavy (non-hydrogen) atoms. The maximum Gasteiger partial charge on any atom is 0.160 e. The monoisotopic (exact) mass is 383 g/mol. The van der Waals surface area contributed by atoms with Crippen LogP contribution in [0.2, 0.25) is 5.02 Å². The summed E-state index contributed by atoms with van der Waals surface area (Å²) >= 11 is 6.28. The van der Waals surface area contributed by atoms with Crippen LogP contribution in [0.25, 0.3) is 44.1 Å². The van der Waals surface area contributed by atoms with Gasteiger partial charge < -0.3 is 9.55 Å². The number of aromatic amines is 1. The van der Waals surface area contributed by atoms with Crippen molar-refractivity contribution in [2.24, 2.45) is 0 Å². The second-order valence-corrected chi connectivity index (χ2v) is 7.27. The van der Waals surface area contributed by atoms with Crippen molar-refractivity contribution in [2.45, 2.75) is 6.54 Å². The largest absolute Gasteiger partial charge is 0.340 e. The summed E-state index contributed by atoms with van der Waals surface area (Å²) in [6.45, 7) is 0.573. The minimum Gasteiger partial charge on any atom is -0.340 e. The molecule has 0 aliphatic heterocycles. The zero-order chi connectivity index (χ0) is 18.7. The van der Waals surface area contributed by atoms with E-state index in [-0.39, 0.29) is 0 Å². The number of para-hydroxylation sites is 4. The number of H-pyrrole nitrogens is 1. The number of aromatic nitrogens is 5. The Kier molecular flexibility index (Phi) is 3.22. The lowest BCUT2D eigenvalue weighted by atomic mass is 10.2. The lowest BCUT2D eigenvalue weighted by Crippen LogP contribution is -2.02. The summed E-state index contributed by atoms with van der Waals surface area (Å²) in [5.74, 6) is 0.880. The van der Waals surface area contributed by atoms with Crippen LogP contribution in [0.15, 0.2) is 66.7 Å². The van der Waals surface area contributed by atoms with Gasteiger partial charge in [-0.05, 0) is 42.5 Å². The summed E-state index contributed by atoms with van der Waals surface area (Å²) in [6.07, 6.45) is 0. The Hall–Kier alpha value is -3.44. The van der Waals surface area contributed by atoms with Gasteiger partial charge in [0.1, 0.15) is 11.3 Å². The van der Waals surface area contributed by atoms with E-state index in [4.69, 9.17) is 26.6 Å². The molecule has 0 radical (unpaired) electrons. The highest BCUT2D eigenvalue weighted by Gasteiger charge is 2.16. The molecule has 3 aromatic heterocycles. The summed E-state index contributed by atoms with van der Waals surface area (Å²) in [4.78, 5) is 17.9. The number of hydrogen-bond acceptors (Lipinski definition) is 3. The molecular weight excluding hydrogens is 370 g/mol. The molecule has 1 N–H and O–H groups in total. The molecule has 0 atom stereocenters. The number of rotatable bonds is 2. The van der Waals surface area contributed by atoms with Crippen LogP contribution in [0.1, 0.15) is 5.82 Å². The first-order chi connectivity index (χ1) is 13.8. The fraction of sp³-hybridized carbons (Fsp3) is 0.0455. The summed E-state index contributed by atoms with van der Waals surface area (Å²) in [7, 11) is 0. The van der Waals surface area contributed by atoms with Crippen LogP contribution in [0.3, 0.4) is 0 Å². The number of nitrogens with one attached hydrogen (secondary N) is 1. The lowest BCUT2D eigenvalue weighted by Gasteiger charge is -2.05. The van der Waals surface area contributed by atoms with Gasteiger partial charge in [0.25, 0.3) is 0 Å². The Morgan fingerprint density at radius 1 is 0.821 bits per heavy atom. The van der Waals surface area contributed by atoms with Crippen molar-refractivity contribution in [2.75, 3.05) is 0 Å². The highest BCUT2D eigenvalue weighted by atomic mass is 35.5. The minimum absolute atomic E-state index is 0.573. The van der Waals surface area contributed by atoms with Crippen LogP contribution in [-0.2, 0) is 6.54 Å². The first kappa shape index (κ1) is 15.6. The number of nitrogens with zero attached hydrogens (tertiary/aromatic N) is 4. The SMILES string of the molecule is Clc1ccc2c(c1)c1nc3ccccc3nc1n2Cc1nc2ccccc2[nH]1. The normalized spacial score (nSPS) is 11.9. The van der Waals surface area contributed by atoms with E-state index in [2.05, 4.69) is 9.55 Å².